The van der Waals surface area contributed by atoms with E-state index in [0.717, 1.165) is 31.2 Å². The molecule has 7 heteroatoms. The molecular weight excluding hydrogens is 384 g/mol. The Labute approximate surface area is 165 Å². The van der Waals surface area contributed by atoms with Crippen LogP contribution in [0.4, 0.5) is 5.69 Å². The molecule has 0 aromatic heterocycles. The monoisotopic (exact) mass is 406 g/mol. The van der Waals surface area contributed by atoms with Crippen molar-refractivity contribution in [2.45, 2.75) is 50.0 Å². The second-order valence-corrected chi connectivity index (χ2v) is 9.01. The molecule has 2 aromatic rings. The zero-order chi connectivity index (χ0) is 19.4. The molecule has 0 heterocycles. The molecule has 0 spiro atoms. The number of halogens is 1. The van der Waals surface area contributed by atoms with Crippen LogP contribution in [-0.2, 0) is 10.0 Å². The summed E-state index contributed by atoms with van der Waals surface area (Å²) in [6.07, 6.45) is 5.40. The molecule has 3 rings (SSSR count). The van der Waals surface area contributed by atoms with Crippen LogP contribution >= 0.6 is 11.6 Å². The van der Waals surface area contributed by atoms with Crippen LogP contribution < -0.4 is 10.0 Å². The predicted molar refractivity (Wildman–Crippen MR) is 108 cm³/mol. The number of hydrogen-bond donors (Lipinski definition) is 2. The normalized spacial score (nSPS) is 15.3. The van der Waals surface area contributed by atoms with E-state index in [2.05, 4.69) is 10.0 Å². The van der Waals surface area contributed by atoms with Gasteiger partial charge in [0.15, 0.2) is 0 Å². The third kappa shape index (κ3) is 5.02. The van der Waals surface area contributed by atoms with Gasteiger partial charge in [0.1, 0.15) is 0 Å². The Morgan fingerprint density at radius 1 is 1.04 bits per heavy atom. The molecule has 5 nitrogen and oxygen atoms in total. The Kier molecular flexibility index (Phi) is 6.07. The summed E-state index contributed by atoms with van der Waals surface area (Å²) in [6, 6.07) is 11.3. The van der Waals surface area contributed by atoms with Crippen LogP contribution in [0.5, 0.6) is 0 Å². The Morgan fingerprint density at radius 2 is 1.70 bits per heavy atom. The van der Waals surface area contributed by atoms with E-state index >= 15 is 0 Å². The Bertz CT molecular complexity index is 921. The van der Waals surface area contributed by atoms with E-state index in [-0.39, 0.29) is 27.6 Å². The van der Waals surface area contributed by atoms with Gasteiger partial charge in [-0.05, 0) is 50.1 Å². The quantitative estimate of drug-likeness (QED) is 0.766. The number of aryl methyl sites for hydroxylation is 1. The summed E-state index contributed by atoms with van der Waals surface area (Å²) in [6.45, 7) is 1.88. The molecule has 2 N–H and O–H groups in total. The first-order valence-corrected chi connectivity index (χ1v) is 10.9. The SMILES string of the molecule is Cc1ccc(S(=O)(=O)Nc2cc(C(=O)NC3CCCCC3)ccc2Cl)cc1. The lowest BCUT2D eigenvalue weighted by Crippen LogP contribution is -2.36. The second-order valence-electron chi connectivity index (χ2n) is 6.92. The zero-order valence-electron chi connectivity index (χ0n) is 15.2. The van der Waals surface area contributed by atoms with Gasteiger partial charge in [-0.2, -0.15) is 0 Å². The van der Waals surface area contributed by atoms with Crippen molar-refractivity contribution in [2.75, 3.05) is 4.72 Å². The highest BCUT2D eigenvalue weighted by Gasteiger charge is 2.19. The van der Waals surface area contributed by atoms with Gasteiger partial charge in [0, 0.05) is 11.6 Å². The molecule has 0 unspecified atom stereocenters. The van der Waals surface area contributed by atoms with E-state index in [0.29, 0.717) is 5.56 Å². The van der Waals surface area contributed by atoms with Gasteiger partial charge >= 0.3 is 0 Å². The summed E-state index contributed by atoms with van der Waals surface area (Å²) in [4.78, 5) is 12.7. The van der Waals surface area contributed by atoms with Crippen LogP contribution in [0, 0.1) is 6.92 Å². The van der Waals surface area contributed by atoms with Crippen LogP contribution in [0.25, 0.3) is 0 Å². The highest BCUT2D eigenvalue weighted by atomic mass is 35.5. The fourth-order valence-corrected chi connectivity index (χ4v) is 4.47. The van der Waals surface area contributed by atoms with Crippen molar-refractivity contribution in [3.8, 4) is 0 Å². The molecule has 144 valence electrons. The average Bonchev–Trinajstić information content (AvgIpc) is 2.64. The van der Waals surface area contributed by atoms with Gasteiger partial charge in [-0.25, -0.2) is 8.42 Å². The van der Waals surface area contributed by atoms with Crippen LogP contribution in [0.2, 0.25) is 5.02 Å². The van der Waals surface area contributed by atoms with Gasteiger partial charge in [-0.3, -0.25) is 9.52 Å². The van der Waals surface area contributed by atoms with E-state index in [1.165, 1.54) is 30.7 Å². The lowest BCUT2D eigenvalue weighted by molar-refractivity contribution is 0.0927. The maximum absolute atomic E-state index is 12.6. The van der Waals surface area contributed by atoms with E-state index in [1.807, 2.05) is 6.92 Å². The van der Waals surface area contributed by atoms with E-state index in [9.17, 15) is 13.2 Å². The smallest absolute Gasteiger partial charge is 0.261 e. The van der Waals surface area contributed by atoms with Gasteiger partial charge < -0.3 is 5.32 Å². The highest BCUT2D eigenvalue weighted by Crippen LogP contribution is 2.26. The van der Waals surface area contributed by atoms with Crippen LogP contribution in [0.3, 0.4) is 0 Å². The summed E-state index contributed by atoms with van der Waals surface area (Å²) in [5.74, 6) is -0.214. The molecule has 0 saturated heterocycles. The van der Waals surface area contributed by atoms with Crippen LogP contribution in [0.15, 0.2) is 47.4 Å². The third-order valence-electron chi connectivity index (χ3n) is 4.74. The number of hydrogen-bond acceptors (Lipinski definition) is 3. The standard InChI is InChI=1S/C20H23ClN2O3S/c1-14-7-10-17(11-8-14)27(25,26)23-19-13-15(9-12-18(19)21)20(24)22-16-5-3-2-4-6-16/h7-13,16,23H,2-6H2,1H3,(H,22,24). The first kappa shape index (κ1) is 19.7. The number of amides is 1. The number of carbonyl (C=O) groups excluding carboxylic acids is 1. The number of carbonyl (C=O) groups is 1. The first-order chi connectivity index (χ1) is 12.8. The van der Waals surface area contributed by atoms with Crippen molar-refractivity contribution in [1.82, 2.24) is 5.32 Å². The number of nitrogens with one attached hydrogen (secondary N) is 2. The van der Waals surface area contributed by atoms with Gasteiger partial charge in [-0.15, -0.1) is 0 Å². The minimum Gasteiger partial charge on any atom is -0.349 e. The molecule has 1 fully saturated rings. The molecule has 1 aliphatic rings. The minimum atomic E-state index is -3.79. The minimum absolute atomic E-state index is 0.140. The highest BCUT2D eigenvalue weighted by molar-refractivity contribution is 7.92. The fourth-order valence-electron chi connectivity index (χ4n) is 3.18. The zero-order valence-corrected chi connectivity index (χ0v) is 16.7. The summed E-state index contributed by atoms with van der Waals surface area (Å²) < 4.78 is 27.7. The van der Waals surface area contributed by atoms with Crippen LogP contribution in [-0.4, -0.2) is 20.4 Å². The molecule has 0 aliphatic heterocycles. The largest absolute Gasteiger partial charge is 0.349 e. The summed E-state index contributed by atoms with van der Waals surface area (Å²) >= 11 is 6.15. The Balaban J connectivity index is 1.78. The molecule has 0 atom stereocenters. The second kappa shape index (κ2) is 8.31. The summed E-state index contributed by atoms with van der Waals surface area (Å²) in [5, 5.41) is 3.26. The molecule has 1 amide bonds. The molecule has 0 radical (unpaired) electrons. The number of sulfonamides is 1. The van der Waals surface area contributed by atoms with E-state index < -0.39 is 10.0 Å². The average molecular weight is 407 g/mol. The number of rotatable bonds is 5. The van der Waals surface area contributed by atoms with Crippen LogP contribution in [0.1, 0.15) is 48.0 Å². The number of anilines is 1. The Morgan fingerprint density at radius 3 is 2.37 bits per heavy atom. The fraction of sp³-hybridized carbons (Fsp3) is 0.350. The lowest BCUT2D eigenvalue weighted by atomic mass is 9.95. The van der Waals surface area contributed by atoms with Crippen molar-refractivity contribution in [2.24, 2.45) is 0 Å². The van der Waals surface area contributed by atoms with Crippen molar-refractivity contribution < 1.29 is 13.2 Å². The maximum Gasteiger partial charge on any atom is 0.261 e. The molecule has 0 bridgehead atoms. The maximum atomic E-state index is 12.6. The van der Waals surface area contributed by atoms with Crippen molar-refractivity contribution in [3.05, 3.63) is 58.6 Å². The van der Waals surface area contributed by atoms with Gasteiger partial charge in [0.25, 0.3) is 15.9 Å². The topological polar surface area (TPSA) is 75.3 Å². The lowest BCUT2D eigenvalue weighted by Gasteiger charge is -2.23. The summed E-state index contributed by atoms with van der Waals surface area (Å²) in [7, 11) is -3.79. The number of benzene rings is 2. The van der Waals surface area contributed by atoms with Crippen molar-refractivity contribution in [1.29, 1.82) is 0 Å². The molecule has 2 aromatic carbocycles. The van der Waals surface area contributed by atoms with Crippen molar-refractivity contribution >= 4 is 33.2 Å². The molecule has 27 heavy (non-hydrogen) atoms. The third-order valence-corrected chi connectivity index (χ3v) is 6.46. The predicted octanol–water partition coefficient (Wildman–Crippen LogP) is 4.51. The van der Waals surface area contributed by atoms with Gasteiger partial charge in [-0.1, -0.05) is 48.6 Å². The summed E-state index contributed by atoms with van der Waals surface area (Å²) in [5.41, 5.74) is 1.54. The van der Waals surface area contributed by atoms with E-state index in [4.69, 9.17) is 11.6 Å². The van der Waals surface area contributed by atoms with Gasteiger partial charge in [0.2, 0.25) is 0 Å². The first-order valence-electron chi connectivity index (χ1n) is 9.05. The Hall–Kier alpha value is -2.05. The molecule has 1 saturated carbocycles. The van der Waals surface area contributed by atoms with Crippen molar-refractivity contribution in [3.63, 3.8) is 0 Å². The molecular formula is C20H23ClN2O3S. The van der Waals surface area contributed by atoms with Gasteiger partial charge in [0.05, 0.1) is 15.6 Å². The van der Waals surface area contributed by atoms with E-state index in [1.54, 1.807) is 18.2 Å². The molecule has 1 aliphatic carbocycles.